The van der Waals surface area contributed by atoms with Crippen LogP contribution in [0, 0.1) is 0 Å². The zero-order chi connectivity index (χ0) is 17.6. The fraction of sp³-hybridized carbons (Fsp3) is 0.235. The summed E-state index contributed by atoms with van der Waals surface area (Å²) in [6.45, 7) is 0.542. The van der Waals surface area contributed by atoms with Gasteiger partial charge in [0.15, 0.2) is 0 Å². The Hall–Kier alpha value is -1.83. The van der Waals surface area contributed by atoms with Crippen molar-refractivity contribution < 1.29 is 9.21 Å². The maximum absolute atomic E-state index is 12.2. The molecule has 3 rings (SSSR count). The number of aromatic nitrogens is 2. The topological polar surface area (TPSA) is 59.2 Å². The molecule has 8 heteroatoms. The smallest absolute Gasteiger partial charge is 0.277 e. The van der Waals surface area contributed by atoms with Gasteiger partial charge in [0.2, 0.25) is 11.8 Å². The van der Waals surface area contributed by atoms with Crippen LogP contribution in [0.5, 0.6) is 0 Å². The molecule has 0 saturated heterocycles. The first kappa shape index (κ1) is 18.0. The zero-order valence-corrected chi connectivity index (χ0v) is 15.9. The van der Waals surface area contributed by atoms with E-state index in [0.717, 1.165) is 14.8 Å². The summed E-state index contributed by atoms with van der Waals surface area (Å²) in [5, 5.41) is 8.43. The van der Waals surface area contributed by atoms with Crippen molar-refractivity contribution in [3.05, 3.63) is 63.1 Å². The van der Waals surface area contributed by atoms with Crippen molar-refractivity contribution in [3.8, 4) is 0 Å². The van der Waals surface area contributed by atoms with Gasteiger partial charge in [0.1, 0.15) is 0 Å². The van der Waals surface area contributed by atoms with Crippen molar-refractivity contribution in [3.63, 3.8) is 0 Å². The molecule has 3 aromatic rings. The highest BCUT2D eigenvalue weighted by molar-refractivity contribution is 7.99. The predicted molar refractivity (Wildman–Crippen MR) is 100 cm³/mol. The molecular weight excluding hydrogens is 378 g/mol. The Balaban J connectivity index is 1.49. The van der Waals surface area contributed by atoms with E-state index in [0.29, 0.717) is 24.1 Å². The Labute approximate surface area is 159 Å². The second-order valence-corrected chi connectivity index (χ2v) is 8.09. The number of thioether (sulfide) groups is 1. The Kier molecular flexibility index (Phi) is 6.12. The van der Waals surface area contributed by atoms with Crippen molar-refractivity contribution in [2.24, 2.45) is 0 Å². The quantitative estimate of drug-likeness (QED) is 0.565. The van der Waals surface area contributed by atoms with E-state index in [2.05, 4.69) is 10.2 Å². The zero-order valence-electron chi connectivity index (χ0n) is 13.5. The van der Waals surface area contributed by atoms with Gasteiger partial charge in [0.25, 0.3) is 5.22 Å². The highest BCUT2D eigenvalue weighted by Crippen LogP contribution is 2.23. The number of thiophene rings is 1. The summed E-state index contributed by atoms with van der Waals surface area (Å²) < 4.78 is 6.32. The van der Waals surface area contributed by atoms with Crippen LogP contribution in [-0.4, -0.2) is 33.8 Å². The third-order valence-electron chi connectivity index (χ3n) is 3.41. The van der Waals surface area contributed by atoms with Gasteiger partial charge in [-0.1, -0.05) is 53.7 Å². The third-order valence-corrected chi connectivity index (χ3v) is 5.43. The van der Waals surface area contributed by atoms with E-state index in [4.69, 9.17) is 16.0 Å². The largest absolute Gasteiger partial charge is 0.416 e. The molecular formula is C17H16ClN3O2S2. The lowest BCUT2D eigenvalue weighted by Gasteiger charge is -2.15. The molecule has 130 valence electrons. The van der Waals surface area contributed by atoms with Gasteiger partial charge in [-0.2, -0.15) is 0 Å². The van der Waals surface area contributed by atoms with Gasteiger partial charge in [-0.15, -0.1) is 21.5 Å². The fourth-order valence-corrected chi connectivity index (χ4v) is 3.99. The lowest BCUT2D eigenvalue weighted by Crippen LogP contribution is -2.27. The molecule has 0 unspecified atom stereocenters. The molecule has 0 spiro atoms. The predicted octanol–water partition coefficient (Wildman–Crippen LogP) is 4.13. The van der Waals surface area contributed by atoms with Gasteiger partial charge in [-0.05, 0) is 17.7 Å². The van der Waals surface area contributed by atoms with Gasteiger partial charge in [-0.3, -0.25) is 4.79 Å². The van der Waals surface area contributed by atoms with Crippen LogP contribution in [0.3, 0.4) is 0 Å². The summed E-state index contributed by atoms with van der Waals surface area (Å²) in [6, 6.07) is 13.7. The molecule has 0 aliphatic carbocycles. The van der Waals surface area contributed by atoms with Crippen molar-refractivity contribution in [2.45, 2.75) is 18.2 Å². The molecule has 2 heterocycles. The summed E-state index contributed by atoms with van der Waals surface area (Å²) in [5.74, 6) is 0.794. The van der Waals surface area contributed by atoms with Gasteiger partial charge in [0, 0.05) is 11.9 Å². The Morgan fingerprint density at radius 3 is 2.76 bits per heavy atom. The number of carbonyl (C=O) groups excluding carboxylic acids is 1. The number of hydrogen-bond donors (Lipinski definition) is 0. The SMILES string of the molecule is CN(Cc1ccc(Cl)s1)C(=O)CSc1nnc(Cc2ccccc2)o1. The van der Waals surface area contributed by atoms with Crippen LogP contribution in [0.2, 0.25) is 4.34 Å². The summed E-state index contributed by atoms with van der Waals surface area (Å²) >= 11 is 8.63. The van der Waals surface area contributed by atoms with Crippen LogP contribution in [0.15, 0.2) is 52.1 Å². The number of hydrogen-bond acceptors (Lipinski definition) is 6. The monoisotopic (exact) mass is 393 g/mol. The number of halogens is 1. The molecule has 0 N–H and O–H groups in total. The van der Waals surface area contributed by atoms with Crippen LogP contribution in [0.1, 0.15) is 16.3 Å². The molecule has 0 fully saturated rings. The number of benzene rings is 1. The minimum atomic E-state index is -0.00247. The van der Waals surface area contributed by atoms with E-state index < -0.39 is 0 Å². The fourth-order valence-electron chi connectivity index (χ4n) is 2.13. The van der Waals surface area contributed by atoms with Gasteiger partial charge in [-0.25, -0.2) is 0 Å². The highest BCUT2D eigenvalue weighted by atomic mass is 35.5. The summed E-state index contributed by atoms with van der Waals surface area (Å²) in [6.07, 6.45) is 0.585. The van der Waals surface area contributed by atoms with Crippen molar-refractivity contribution in [1.82, 2.24) is 15.1 Å². The van der Waals surface area contributed by atoms with E-state index in [-0.39, 0.29) is 11.7 Å². The van der Waals surface area contributed by atoms with Gasteiger partial charge in [0.05, 0.1) is 23.1 Å². The van der Waals surface area contributed by atoms with E-state index in [9.17, 15) is 4.79 Å². The lowest BCUT2D eigenvalue weighted by atomic mass is 10.2. The summed E-state index contributed by atoms with van der Waals surface area (Å²) in [4.78, 5) is 14.9. The van der Waals surface area contributed by atoms with Gasteiger partial charge < -0.3 is 9.32 Å². The summed E-state index contributed by atoms with van der Waals surface area (Å²) in [5.41, 5.74) is 1.10. The molecule has 2 aromatic heterocycles. The second-order valence-electron chi connectivity index (χ2n) is 5.37. The first-order chi connectivity index (χ1) is 12.1. The number of nitrogens with zero attached hydrogens (tertiary/aromatic N) is 3. The average Bonchev–Trinajstić information content (AvgIpc) is 3.22. The summed E-state index contributed by atoms with van der Waals surface area (Å²) in [7, 11) is 1.77. The highest BCUT2D eigenvalue weighted by Gasteiger charge is 2.14. The maximum Gasteiger partial charge on any atom is 0.277 e. The average molecular weight is 394 g/mol. The molecule has 0 saturated carbocycles. The van der Waals surface area contributed by atoms with Crippen LogP contribution < -0.4 is 0 Å². The molecule has 1 amide bonds. The molecule has 0 aliphatic rings. The van der Waals surface area contributed by atoms with E-state index in [1.165, 1.54) is 23.1 Å². The van der Waals surface area contributed by atoms with Crippen molar-refractivity contribution in [2.75, 3.05) is 12.8 Å². The van der Waals surface area contributed by atoms with Crippen LogP contribution in [0.4, 0.5) is 0 Å². The molecule has 5 nitrogen and oxygen atoms in total. The van der Waals surface area contributed by atoms with Crippen molar-refractivity contribution in [1.29, 1.82) is 0 Å². The molecule has 1 aromatic carbocycles. The lowest BCUT2D eigenvalue weighted by molar-refractivity contribution is -0.127. The van der Waals surface area contributed by atoms with Crippen LogP contribution in [0.25, 0.3) is 0 Å². The third kappa shape index (κ3) is 5.32. The normalized spacial score (nSPS) is 10.8. The van der Waals surface area contributed by atoms with E-state index in [1.807, 2.05) is 42.5 Å². The first-order valence-electron chi connectivity index (χ1n) is 7.57. The minimum Gasteiger partial charge on any atom is -0.416 e. The minimum absolute atomic E-state index is 0.00247. The first-order valence-corrected chi connectivity index (χ1v) is 9.75. The molecule has 0 aliphatic heterocycles. The number of carbonyl (C=O) groups is 1. The molecule has 0 bridgehead atoms. The Morgan fingerprint density at radius 1 is 1.24 bits per heavy atom. The van der Waals surface area contributed by atoms with Crippen LogP contribution >= 0.6 is 34.7 Å². The number of rotatable bonds is 7. The van der Waals surface area contributed by atoms with Crippen LogP contribution in [-0.2, 0) is 17.8 Å². The molecule has 25 heavy (non-hydrogen) atoms. The second kappa shape index (κ2) is 8.51. The Morgan fingerprint density at radius 2 is 2.04 bits per heavy atom. The van der Waals surface area contributed by atoms with E-state index >= 15 is 0 Å². The maximum atomic E-state index is 12.2. The van der Waals surface area contributed by atoms with Crippen molar-refractivity contribution >= 4 is 40.6 Å². The Bertz CT molecular complexity index is 835. The number of amides is 1. The standard InChI is InChI=1S/C17H16ClN3O2S2/c1-21(10-13-7-8-14(18)25-13)16(22)11-24-17-20-19-15(23-17)9-12-5-3-2-4-6-12/h2-8H,9-11H2,1H3. The van der Waals surface area contributed by atoms with Gasteiger partial charge >= 0.3 is 0 Å². The molecule has 0 atom stereocenters. The van der Waals surface area contributed by atoms with E-state index in [1.54, 1.807) is 11.9 Å². The molecule has 0 radical (unpaired) electrons.